The number of carbonyl (C=O) groups is 3. The number of rotatable bonds is 5. The molecule has 1 fully saturated rings. The molecule has 0 saturated carbocycles. The highest BCUT2D eigenvalue weighted by Crippen LogP contribution is 2.35. The first kappa shape index (κ1) is 18.8. The fourth-order valence-corrected chi connectivity index (χ4v) is 3.18. The van der Waals surface area contributed by atoms with Gasteiger partial charge in [0.15, 0.2) is 6.10 Å². The fraction of sp³-hybridized carbons (Fsp3) is 0.786. The first-order valence-electron chi connectivity index (χ1n) is 6.92. The number of carbonyl (C=O) groups excluding carboxylic acids is 3. The van der Waals surface area contributed by atoms with Crippen molar-refractivity contribution >= 4 is 29.7 Å². The van der Waals surface area contributed by atoms with Crippen molar-refractivity contribution in [2.24, 2.45) is 5.92 Å². The Morgan fingerprint density at radius 2 is 1.55 bits per heavy atom. The largest absolute Gasteiger partial charge is 0.463 e. The lowest BCUT2D eigenvalue weighted by Crippen LogP contribution is -2.57. The second kappa shape index (κ2) is 8.38. The van der Waals surface area contributed by atoms with Crippen LogP contribution in [0.5, 0.6) is 0 Å². The average Bonchev–Trinajstić information content (AvgIpc) is 2.41. The average molecular weight is 334 g/mol. The van der Waals surface area contributed by atoms with Crippen molar-refractivity contribution in [2.45, 2.75) is 51.4 Å². The van der Waals surface area contributed by atoms with E-state index < -0.39 is 36.2 Å². The summed E-state index contributed by atoms with van der Waals surface area (Å²) in [5.41, 5.74) is -0.267. The van der Waals surface area contributed by atoms with Gasteiger partial charge in [-0.2, -0.15) is 0 Å². The van der Waals surface area contributed by atoms with E-state index >= 15 is 0 Å². The van der Waals surface area contributed by atoms with Crippen LogP contribution in [0, 0.1) is 5.92 Å². The molecule has 0 amide bonds. The molecule has 5 atom stereocenters. The molecule has 0 aromatic heterocycles. The third-order valence-electron chi connectivity index (χ3n) is 3.23. The lowest BCUT2D eigenvalue weighted by Gasteiger charge is -2.43. The lowest BCUT2D eigenvalue weighted by atomic mass is 9.93. The molecule has 7 nitrogen and oxygen atoms in total. The van der Waals surface area contributed by atoms with Crippen LogP contribution in [0.1, 0.15) is 27.7 Å². The van der Waals surface area contributed by atoms with Crippen LogP contribution >= 0.6 is 11.8 Å². The van der Waals surface area contributed by atoms with Gasteiger partial charge in [0.2, 0.25) is 0 Å². The van der Waals surface area contributed by atoms with Crippen LogP contribution in [0.15, 0.2) is 0 Å². The Labute approximate surface area is 134 Å². The van der Waals surface area contributed by atoms with Crippen LogP contribution in [0.25, 0.3) is 0 Å². The van der Waals surface area contributed by atoms with Crippen LogP contribution in [-0.4, -0.2) is 54.5 Å². The van der Waals surface area contributed by atoms with Crippen LogP contribution in [-0.2, 0) is 33.3 Å². The summed E-state index contributed by atoms with van der Waals surface area (Å²) in [7, 11) is 0. The Morgan fingerprint density at radius 1 is 1.00 bits per heavy atom. The normalized spacial score (nSPS) is 31.2. The zero-order valence-electron chi connectivity index (χ0n) is 13.4. The molecule has 0 spiro atoms. The highest BCUT2D eigenvalue weighted by Gasteiger charge is 2.47. The maximum atomic E-state index is 11.4. The Hall–Kier alpha value is -1.28. The minimum Gasteiger partial charge on any atom is -0.463 e. The van der Waals surface area contributed by atoms with Gasteiger partial charge < -0.3 is 18.9 Å². The molecule has 8 heteroatoms. The zero-order valence-corrected chi connectivity index (χ0v) is 14.2. The molecular formula is C14H22O7S. The van der Waals surface area contributed by atoms with Crippen molar-refractivity contribution in [3.8, 4) is 0 Å². The molecule has 0 aromatic carbocycles. The molecule has 22 heavy (non-hydrogen) atoms. The zero-order chi connectivity index (χ0) is 16.9. The molecule has 0 aliphatic carbocycles. The third kappa shape index (κ3) is 5.17. The fourth-order valence-electron chi connectivity index (χ4n) is 2.34. The Morgan fingerprint density at radius 3 is 2.00 bits per heavy atom. The predicted octanol–water partition coefficient (Wildman–Crippen LogP) is 1.14. The quantitative estimate of drug-likeness (QED) is 0.546. The first-order chi connectivity index (χ1) is 10.3. The highest BCUT2D eigenvalue weighted by atomic mass is 32.2. The third-order valence-corrected chi connectivity index (χ3v) is 4.24. The van der Waals surface area contributed by atoms with E-state index in [-0.39, 0.29) is 18.0 Å². The summed E-state index contributed by atoms with van der Waals surface area (Å²) < 4.78 is 21.4. The van der Waals surface area contributed by atoms with E-state index in [0.717, 1.165) is 0 Å². The Kier molecular flexibility index (Phi) is 7.15. The van der Waals surface area contributed by atoms with E-state index in [1.54, 1.807) is 0 Å². The van der Waals surface area contributed by atoms with Crippen LogP contribution in [0.3, 0.4) is 0 Å². The topological polar surface area (TPSA) is 88.1 Å². The van der Waals surface area contributed by atoms with Gasteiger partial charge in [0.1, 0.15) is 24.3 Å². The van der Waals surface area contributed by atoms with E-state index in [1.165, 1.54) is 32.5 Å². The van der Waals surface area contributed by atoms with E-state index in [4.69, 9.17) is 18.9 Å². The van der Waals surface area contributed by atoms with E-state index in [2.05, 4.69) is 0 Å². The first-order valence-corrected chi connectivity index (χ1v) is 8.21. The summed E-state index contributed by atoms with van der Waals surface area (Å²) in [6.07, 6.45) is -0.306. The minimum atomic E-state index is -0.820. The lowest BCUT2D eigenvalue weighted by molar-refractivity contribution is -0.217. The van der Waals surface area contributed by atoms with Gasteiger partial charge in [-0.15, -0.1) is 11.8 Å². The molecule has 126 valence electrons. The number of esters is 3. The van der Waals surface area contributed by atoms with Crippen molar-refractivity contribution in [2.75, 3.05) is 12.9 Å². The van der Waals surface area contributed by atoms with Crippen LogP contribution in [0.4, 0.5) is 0 Å². The van der Waals surface area contributed by atoms with Gasteiger partial charge in [-0.05, 0) is 6.26 Å². The number of ether oxygens (including phenoxy) is 4. The minimum absolute atomic E-state index is 0.0746. The summed E-state index contributed by atoms with van der Waals surface area (Å²) >= 11 is 1.45. The summed E-state index contributed by atoms with van der Waals surface area (Å²) in [6.45, 7) is 5.62. The molecule has 0 bridgehead atoms. The van der Waals surface area contributed by atoms with Crippen molar-refractivity contribution in [1.82, 2.24) is 0 Å². The maximum absolute atomic E-state index is 11.4. The van der Waals surface area contributed by atoms with Gasteiger partial charge in [0, 0.05) is 26.7 Å². The predicted molar refractivity (Wildman–Crippen MR) is 79.1 cm³/mol. The van der Waals surface area contributed by atoms with Crippen molar-refractivity contribution in [3.05, 3.63) is 0 Å². The Bertz CT molecular complexity index is 425. The van der Waals surface area contributed by atoms with Gasteiger partial charge in [0.25, 0.3) is 0 Å². The summed E-state index contributed by atoms with van der Waals surface area (Å²) in [5.74, 6) is -1.64. The molecule has 0 aromatic rings. The molecule has 0 radical (unpaired) electrons. The second-order valence-electron chi connectivity index (χ2n) is 5.09. The molecule has 1 saturated heterocycles. The van der Waals surface area contributed by atoms with Gasteiger partial charge in [-0.1, -0.05) is 6.92 Å². The summed E-state index contributed by atoms with van der Waals surface area (Å²) in [4.78, 5) is 33.7. The smallest absolute Gasteiger partial charge is 0.303 e. The molecule has 3 unspecified atom stereocenters. The molecule has 0 N–H and O–H groups in total. The number of thioether (sulfide) groups is 1. The maximum Gasteiger partial charge on any atom is 0.303 e. The summed E-state index contributed by atoms with van der Waals surface area (Å²) in [5, 5.41) is 0. The highest BCUT2D eigenvalue weighted by molar-refractivity contribution is 7.99. The van der Waals surface area contributed by atoms with Gasteiger partial charge >= 0.3 is 17.9 Å². The van der Waals surface area contributed by atoms with Gasteiger partial charge in [-0.25, -0.2) is 0 Å². The molecule has 1 heterocycles. The molecular weight excluding hydrogens is 312 g/mol. The van der Waals surface area contributed by atoms with Crippen molar-refractivity contribution in [3.63, 3.8) is 0 Å². The standard InChI is InChI=1S/C14H22O7S/c1-7-12(19-9(3)16)13(20-10(4)17)11(6-18-8(2)15)21-14(7)22-5/h7,11-14H,6H2,1-5H3/t7?,11?,12?,13-,14-/m0/s1. The Balaban J connectivity index is 3.00. The van der Waals surface area contributed by atoms with E-state index in [9.17, 15) is 14.4 Å². The number of hydrogen-bond acceptors (Lipinski definition) is 8. The molecule has 1 aliphatic rings. The number of hydrogen-bond donors (Lipinski definition) is 0. The van der Waals surface area contributed by atoms with Gasteiger partial charge in [-0.3, -0.25) is 14.4 Å². The van der Waals surface area contributed by atoms with Crippen LogP contribution < -0.4 is 0 Å². The summed E-state index contributed by atoms with van der Waals surface area (Å²) in [6, 6.07) is 0. The van der Waals surface area contributed by atoms with Crippen molar-refractivity contribution in [1.29, 1.82) is 0 Å². The van der Waals surface area contributed by atoms with Crippen LogP contribution in [0.2, 0.25) is 0 Å². The van der Waals surface area contributed by atoms with E-state index in [1.807, 2.05) is 13.2 Å². The van der Waals surface area contributed by atoms with Gasteiger partial charge in [0.05, 0.1) is 0 Å². The monoisotopic (exact) mass is 334 g/mol. The molecule has 1 rings (SSSR count). The van der Waals surface area contributed by atoms with E-state index in [0.29, 0.717) is 0 Å². The second-order valence-corrected chi connectivity index (χ2v) is 6.02. The molecule has 1 aliphatic heterocycles. The van der Waals surface area contributed by atoms with Crippen molar-refractivity contribution < 1.29 is 33.3 Å². The SMILES string of the molecule is CS[C@@H]1OC(COC(C)=O)[C@H](OC(C)=O)C(OC(C)=O)C1C.